The zero-order valence-electron chi connectivity index (χ0n) is 25.5. The number of rotatable bonds is 4. The maximum atomic E-state index is 2.99. The molecule has 0 nitrogen and oxygen atoms in total. The van der Waals surface area contributed by atoms with Gasteiger partial charge in [-0.2, -0.15) is 6.08 Å². The van der Waals surface area contributed by atoms with Crippen molar-refractivity contribution in [2.75, 3.05) is 0 Å². The molecule has 0 bridgehead atoms. The molecule has 0 unspecified atom stereocenters. The predicted molar refractivity (Wildman–Crippen MR) is 172 cm³/mol. The molecule has 3 heteroatoms. The quantitative estimate of drug-likeness (QED) is 0.205. The van der Waals surface area contributed by atoms with Crippen molar-refractivity contribution in [3.05, 3.63) is 150 Å². The molecule has 0 saturated heterocycles. The Labute approximate surface area is 277 Å². The van der Waals surface area contributed by atoms with Gasteiger partial charge >= 0.3 is 37.6 Å². The summed E-state index contributed by atoms with van der Waals surface area (Å²) in [5, 5.41) is 5.33. The zero-order valence-corrected chi connectivity index (χ0v) is 28.6. The normalized spacial score (nSPS) is 12.0. The first-order chi connectivity index (χ1) is 19.1. The fraction of sp³-hybridized carbons (Fsp3) is 0.231. The van der Waals surface area contributed by atoms with Crippen molar-refractivity contribution < 1.29 is 44.8 Å². The van der Waals surface area contributed by atoms with Crippen molar-refractivity contribution in [1.29, 1.82) is 0 Å². The summed E-state index contributed by atoms with van der Waals surface area (Å²) in [6.07, 6.45) is 10.0. The summed E-state index contributed by atoms with van der Waals surface area (Å²) in [6, 6.07) is 37.9. The average Bonchev–Trinajstić information content (AvgIpc) is 3.65. The minimum Gasteiger partial charge on any atom is -1.00 e. The summed E-state index contributed by atoms with van der Waals surface area (Å²) in [7, 11) is 0. The molecule has 0 saturated carbocycles. The number of benzene rings is 4. The molecule has 0 N–H and O–H groups in total. The van der Waals surface area contributed by atoms with E-state index in [4.69, 9.17) is 0 Å². The van der Waals surface area contributed by atoms with Crippen molar-refractivity contribution >= 4 is 25.4 Å². The molecular weight excluding hydrogens is 587 g/mol. The van der Waals surface area contributed by atoms with Crippen molar-refractivity contribution in [1.82, 2.24) is 0 Å². The van der Waals surface area contributed by atoms with Crippen LogP contribution in [0.5, 0.6) is 0 Å². The van der Waals surface area contributed by atoms with E-state index in [1.165, 1.54) is 47.6 Å². The summed E-state index contributed by atoms with van der Waals surface area (Å²) in [4.78, 5) is 0. The van der Waals surface area contributed by atoms with Crippen LogP contribution in [0.3, 0.4) is 0 Å². The van der Waals surface area contributed by atoms with Gasteiger partial charge in [0.25, 0.3) is 0 Å². The number of allylic oxidation sites excluding steroid dienone is 4. The van der Waals surface area contributed by atoms with Crippen LogP contribution in [0.25, 0.3) is 21.5 Å². The van der Waals surface area contributed by atoms with Gasteiger partial charge in [0.15, 0.2) is 0 Å². The third-order valence-electron chi connectivity index (χ3n) is 7.73. The maximum Gasteiger partial charge on any atom is -0.109 e. The van der Waals surface area contributed by atoms with Gasteiger partial charge in [-0.05, 0) is 11.1 Å². The van der Waals surface area contributed by atoms with E-state index in [9.17, 15) is 0 Å². The Morgan fingerprint density at radius 3 is 1.36 bits per heavy atom. The Balaban J connectivity index is 0.000000487. The Bertz CT molecular complexity index is 1520. The molecule has 42 heavy (non-hydrogen) atoms. The van der Waals surface area contributed by atoms with E-state index in [1.54, 1.807) is 0 Å². The van der Waals surface area contributed by atoms with Crippen LogP contribution in [0.4, 0.5) is 0 Å². The van der Waals surface area contributed by atoms with Crippen molar-refractivity contribution in [3.8, 4) is 0 Å². The molecule has 0 spiro atoms. The van der Waals surface area contributed by atoms with Crippen LogP contribution < -0.4 is 24.8 Å². The van der Waals surface area contributed by atoms with Gasteiger partial charge in [-0.1, -0.05) is 124 Å². The number of halogens is 2. The summed E-state index contributed by atoms with van der Waals surface area (Å²) in [6.45, 7) is 13.4. The van der Waals surface area contributed by atoms with Gasteiger partial charge in [-0.15, -0.1) is 46.2 Å². The first kappa shape index (κ1) is 35.6. The Morgan fingerprint density at radius 1 is 0.643 bits per heavy atom. The van der Waals surface area contributed by atoms with Gasteiger partial charge in [-0.25, -0.2) is 12.2 Å². The minimum absolute atomic E-state index is 0. The van der Waals surface area contributed by atoms with E-state index in [0.717, 1.165) is 6.42 Å². The van der Waals surface area contributed by atoms with Crippen LogP contribution in [-0.4, -0.2) is 3.81 Å². The molecule has 0 atom stereocenters. The molecule has 216 valence electrons. The molecule has 0 fully saturated rings. The minimum atomic E-state index is -0.0417. The fourth-order valence-corrected chi connectivity index (χ4v) is 5.16. The van der Waals surface area contributed by atoms with Crippen molar-refractivity contribution in [2.45, 2.75) is 58.8 Å². The molecule has 6 rings (SSSR count). The van der Waals surface area contributed by atoms with Crippen LogP contribution in [0, 0.1) is 6.08 Å². The Kier molecular flexibility index (Phi) is 13.3. The van der Waals surface area contributed by atoms with E-state index in [1.807, 2.05) is 12.2 Å². The Hall–Kier alpha value is -2.61. The summed E-state index contributed by atoms with van der Waals surface area (Å²) >= 11 is 2.08. The summed E-state index contributed by atoms with van der Waals surface area (Å²) in [5.41, 5.74) is 5.31. The topological polar surface area (TPSA) is 0 Å². The monoisotopic (exact) mass is 626 g/mol. The van der Waals surface area contributed by atoms with E-state index in [-0.39, 0.29) is 35.6 Å². The van der Waals surface area contributed by atoms with Gasteiger partial charge in [0.05, 0.1) is 0 Å². The van der Waals surface area contributed by atoms with Gasteiger partial charge in [0.2, 0.25) is 0 Å². The second kappa shape index (κ2) is 15.7. The largest absolute Gasteiger partial charge is 1.00 e. The molecule has 0 aliphatic heterocycles. The van der Waals surface area contributed by atoms with Gasteiger partial charge < -0.3 is 24.8 Å². The van der Waals surface area contributed by atoms with E-state index < -0.39 is 0 Å². The standard InChI is InChI=1S/C31H29.C5H5.C3H6.2ClH.Ti/c1-30(2,24-11-7-5-8-12-24)26-17-15-22-19-23-16-18-27(21-29(23)28(22)20-26)31(3,4)25-13-9-6-10-14-25;1-2-4-5-3-1;1-3-2;;;/h5-21H,1-4H3;1-3H,4H2;1-2H3;2*1H;/q2*-1;;;;+2/p-2. The number of fused-ring (bicyclic) bond motifs is 3. The molecule has 0 heterocycles. The van der Waals surface area contributed by atoms with Crippen LogP contribution in [0.2, 0.25) is 0 Å². The summed E-state index contributed by atoms with van der Waals surface area (Å²) < 4.78 is 1.42. The Morgan fingerprint density at radius 2 is 1.05 bits per heavy atom. The summed E-state index contributed by atoms with van der Waals surface area (Å²) in [5.74, 6) is 0. The molecule has 0 amide bonds. The molecule has 1 aliphatic rings. The van der Waals surface area contributed by atoms with Crippen LogP contribution in [-0.2, 0) is 30.8 Å². The first-order valence-electron chi connectivity index (χ1n) is 14.1. The van der Waals surface area contributed by atoms with E-state index in [0.29, 0.717) is 0 Å². The fourth-order valence-electron chi connectivity index (χ4n) is 5.16. The molecule has 5 aromatic carbocycles. The first-order valence-corrected chi connectivity index (χ1v) is 14.9. The van der Waals surface area contributed by atoms with Crippen LogP contribution >= 0.6 is 0 Å². The van der Waals surface area contributed by atoms with Gasteiger partial charge in [0.1, 0.15) is 0 Å². The van der Waals surface area contributed by atoms with Crippen LogP contribution in [0.1, 0.15) is 70.2 Å². The maximum absolute atomic E-state index is 2.99. The smallest absolute Gasteiger partial charge is 0.109 e. The average molecular weight is 628 g/mol. The molecule has 0 radical (unpaired) electrons. The molecule has 1 aliphatic carbocycles. The third kappa shape index (κ3) is 8.49. The third-order valence-corrected chi connectivity index (χ3v) is 7.73. The van der Waals surface area contributed by atoms with Crippen LogP contribution in [0.15, 0.2) is 121 Å². The second-order valence-electron chi connectivity index (χ2n) is 11.7. The van der Waals surface area contributed by atoms with Gasteiger partial charge in [0, 0.05) is 10.8 Å². The van der Waals surface area contributed by atoms with E-state index >= 15 is 0 Å². The van der Waals surface area contributed by atoms with E-state index in [2.05, 4.69) is 177 Å². The SMILES string of the molecule is CC(C)(c1ccccc1)c1ccc2[cH-]c3ccc(C(C)(C)c4ccccc4)cc3c2c1.C[C](C)=[Ti+2].[C-]1=CC=CC1.[Cl-].[Cl-]. The molecular formula is C39H40Cl2Ti-2. The molecule has 0 aromatic heterocycles. The van der Waals surface area contributed by atoms with Gasteiger partial charge in [-0.3, -0.25) is 6.08 Å². The van der Waals surface area contributed by atoms with Crippen molar-refractivity contribution in [2.24, 2.45) is 0 Å². The second-order valence-corrected chi connectivity index (χ2v) is 13.3. The predicted octanol–water partition coefficient (Wildman–Crippen LogP) is 4.42. The zero-order chi connectivity index (χ0) is 28.8. The van der Waals surface area contributed by atoms with Crippen molar-refractivity contribution in [3.63, 3.8) is 0 Å². The number of hydrogen-bond donors (Lipinski definition) is 0. The molecule has 5 aromatic rings. The number of hydrogen-bond acceptors (Lipinski definition) is 0.